The number of aromatic nitrogens is 2. The van der Waals surface area contributed by atoms with Gasteiger partial charge in [0.05, 0.1) is 22.0 Å². The smallest absolute Gasteiger partial charge is 0.242 e. The molecular formula is C24H30N4O3S. The SMILES string of the molecule is CCn1c(CCC(=O)N2CCCC2c2ccccc2)nc2cc(S(=O)(=O)N(C)C)ccc21. The van der Waals surface area contributed by atoms with Crippen LogP contribution in [0.25, 0.3) is 11.0 Å². The van der Waals surface area contributed by atoms with E-state index in [0.29, 0.717) is 24.9 Å². The van der Waals surface area contributed by atoms with Crippen LogP contribution >= 0.6 is 0 Å². The van der Waals surface area contributed by atoms with Gasteiger partial charge in [0, 0.05) is 40.0 Å². The highest BCUT2D eigenvalue weighted by molar-refractivity contribution is 7.89. The molecule has 2 aromatic carbocycles. The Bertz CT molecular complexity index is 1220. The first-order chi connectivity index (χ1) is 15.3. The Kier molecular flexibility index (Phi) is 6.35. The molecule has 8 heteroatoms. The fourth-order valence-electron chi connectivity index (χ4n) is 4.52. The summed E-state index contributed by atoms with van der Waals surface area (Å²) in [5.41, 5.74) is 2.71. The van der Waals surface area contributed by atoms with Crippen LogP contribution in [0.15, 0.2) is 53.4 Å². The van der Waals surface area contributed by atoms with Gasteiger partial charge in [-0.2, -0.15) is 0 Å². The average molecular weight is 455 g/mol. The van der Waals surface area contributed by atoms with E-state index in [1.807, 2.05) is 30.0 Å². The molecule has 0 aliphatic carbocycles. The zero-order valence-electron chi connectivity index (χ0n) is 18.9. The third-order valence-corrected chi connectivity index (χ3v) is 8.02. The van der Waals surface area contributed by atoms with E-state index in [9.17, 15) is 13.2 Å². The standard InChI is InChI=1S/C24H30N4O3S/c1-4-27-22-13-12-19(32(30,31)26(2)3)17-20(22)25-23(27)14-15-24(29)28-16-8-11-21(28)18-9-6-5-7-10-18/h5-7,9-10,12-13,17,21H,4,8,11,14-16H2,1-3H3. The third-order valence-electron chi connectivity index (χ3n) is 6.21. The van der Waals surface area contributed by atoms with Gasteiger partial charge in [0.1, 0.15) is 5.82 Å². The second kappa shape index (κ2) is 9.03. The van der Waals surface area contributed by atoms with E-state index >= 15 is 0 Å². The van der Waals surface area contributed by atoms with Crippen LogP contribution in [0.1, 0.15) is 43.6 Å². The van der Waals surface area contributed by atoms with E-state index in [0.717, 1.165) is 30.7 Å². The maximum Gasteiger partial charge on any atom is 0.242 e. The van der Waals surface area contributed by atoms with Crippen molar-refractivity contribution in [1.29, 1.82) is 0 Å². The molecule has 0 radical (unpaired) electrons. The Morgan fingerprint density at radius 3 is 2.59 bits per heavy atom. The third kappa shape index (κ3) is 4.17. The van der Waals surface area contributed by atoms with Crippen molar-refractivity contribution in [3.8, 4) is 0 Å². The van der Waals surface area contributed by atoms with Gasteiger partial charge in [0.25, 0.3) is 0 Å². The number of nitrogens with zero attached hydrogens (tertiary/aromatic N) is 4. The zero-order valence-corrected chi connectivity index (χ0v) is 19.7. The van der Waals surface area contributed by atoms with Crippen molar-refractivity contribution in [3.05, 3.63) is 59.9 Å². The molecule has 1 aromatic heterocycles. The van der Waals surface area contributed by atoms with E-state index in [2.05, 4.69) is 16.7 Å². The molecule has 1 unspecified atom stereocenters. The molecule has 0 spiro atoms. The summed E-state index contributed by atoms with van der Waals surface area (Å²) in [6, 6.07) is 15.4. The number of carbonyl (C=O) groups excluding carboxylic acids is 1. The van der Waals surface area contributed by atoms with Gasteiger partial charge in [-0.3, -0.25) is 4.79 Å². The molecule has 2 heterocycles. The van der Waals surface area contributed by atoms with E-state index in [-0.39, 0.29) is 16.8 Å². The van der Waals surface area contributed by atoms with Gasteiger partial charge >= 0.3 is 0 Å². The van der Waals surface area contributed by atoms with Gasteiger partial charge in [-0.15, -0.1) is 0 Å². The minimum atomic E-state index is -3.52. The highest BCUT2D eigenvalue weighted by Crippen LogP contribution is 2.32. The second-order valence-corrected chi connectivity index (χ2v) is 10.5. The first-order valence-electron chi connectivity index (χ1n) is 11.1. The lowest BCUT2D eigenvalue weighted by Gasteiger charge is -2.25. The van der Waals surface area contributed by atoms with E-state index in [1.54, 1.807) is 18.2 Å². The van der Waals surface area contributed by atoms with Gasteiger partial charge < -0.3 is 9.47 Å². The Labute approximate surface area is 189 Å². The number of rotatable bonds is 7. The molecule has 0 bridgehead atoms. The fourth-order valence-corrected chi connectivity index (χ4v) is 5.45. The molecule has 1 amide bonds. The number of hydrogen-bond donors (Lipinski definition) is 0. The van der Waals surface area contributed by atoms with Crippen molar-refractivity contribution in [2.75, 3.05) is 20.6 Å². The van der Waals surface area contributed by atoms with Crippen molar-refractivity contribution in [3.63, 3.8) is 0 Å². The number of benzene rings is 2. The van der Waals surface area contributed by atoms with Crippen LogP contribution in [-0.4, -0.2) is 53.7 Å². The van der Waals surface area contributed by atoms with Gasteiger partial charge in [-0.25, -0.2) is 17.7 Å². The molecule has 32 heavy (non-hydrogen) atoms. The molecule has 1 aliphatic heterocycles. The number of fused-ring (bicyclic) bond motifs is 1. The summed E-state index contributed by atoms with van der Waals surface area (Å²) in [5, 5.41) is 0. The second-order valence-electron chi connectivity index (χ2n) is 8.37. The minimum Gasteiger partial charge on any atom is -0.336 e. The quantitative estimate of drug-likeness (QED) is 0.547. The first kappa shape index (κ1) is 22.5. The molecular weight excluding hydrogens is 424 g/mol. The Morgan fingerprint density at radius 2 is 1.91 bits per heavy atom. The van der Waals surface area contributed by atoms with Gasteiger partial charge in [0.2, 0.25) is 15.9 Å². The molecule has 0 saturated carbocycles. The molecule has 1 aliphatic rings. The molecule has 0 N–H and O–H groups in total. The highest BCUT2D eigenvalue weighted by atomic mass is 32.2. The summed E-state index contributed by atoms with van der Waals surface area (Å²) in [5.74, 6) is 0.952. The summed E-state index contributed by atoms with van der Waals surface area (Å²) < 4.78 is 28.2. The number of hydrogen-bond acceptors (Lipinski definition) is 4. The van der Waals surface area contributed by atoms with Crippen molar-refractivity contribution in [2.45, 2.75) is 50.1 Å². The van der Waals surface area contributed by atoms with Crippen molar-refractivity contribution in [2.24, 2.45) is 0 Å². The number of imidazole rings is 1. The first-order valence-corrected chi connectivity index (χ1v) is 12.5. The number of carbonyl (C=O) groups is 1. The van der Waals surface area contributed by atoms with Crippen LogP contribution in [0.4, 0.5) is 0 Å². The molecule has 4 rings (SSSR count). The number of aryl methyl sites for hydroxylation is 2. The van der Waals surface area contributed by atoms with Gasteiger partial charge in [-0.05, 0) is 43.5 Å². The molecule has 1 atom stereocenters. The topological polar surface area (TPSA) is 75.5 Å². The summed E-state index contributed by atoms with van der Waals surface area (Å²) in [7, 11) is -0.492. The molecule has 3 aromatic rings. The van der Waals surface area contributed by atoms with Crippen LogP contribution in [-0.2, 0) is 27.8 Å². The van der Waals surface area contributed by atoms with Crippen LogP contribution in [0.2, 0.25) is 0 Å². The van der Waals surface area contributed by atoms with Crippen molar-refractivity contribution in [1.82, 2.24) is 18.8 Å². The van der Waals surface area contributed by atoms with E-state index in [4.69, 9.17) is 4.98 Å². The minimum absolute atomic E-state index is 0.141. The Morgan fingerprint density at radius 1 is 1.16 bits per heavy atom. The van der Waals surface area contributed by atoms with E-state index < -0.39 is 10.0 Å². The molecule has 7 nitrogen and oxygen atoms in total. The summed E-state index contributed by atoms with van der Waals surface area (Å²) >= 11 is 0. The lowest BCUT2D eigenvalue weighted by atomic mass is 10.0. The van der Waals surface area contributed by atoms with Crippen molar-refractivity contribution >= 4 is 27.0 Å². The Balaban J connectivity index is 1.54. The maximum atomic E-state index is 13.1. The van der Waals surface area contributed by atoms with Crippen LogP contribution in [0, 0.1) is 0 Å². The monoisotopic (exact) mass is 454 g/mol. The fraction of sp³-hybridized carbons (Fsp3) is 0.417. The van der Waals surface area contributed by atoms with Gasteiger partial charge in [0.15, 0.2) is 0 Å². The van der Waals surface area contributed by atoms with E-state index in [1.165, 1.54) is 24.0 Å². The normalized spacial score (nSPS) is 16.9. The van der Waals surface area contributed by atoms with Crippen LogP contribution < -0.4 is 0 Å². The lowest BCUT2D eigenvalue weighted by Crippen LogP contribution is -2.30. The average Bonchev–Trinajstić information content (AvgIpc) is 3.42. The summed E-state index contributed by atoms with van der Waals surface area (Å²) in [4.78, 5) is 20.0. The lowest BCUT2D eigenvalue weighted by molar-refractivity contribution is -0.132. The largest absolute Gasteiger partial charge is 0.336 e. The van der Waals surface area contributed by atoms with Crippen LogP contribution in [0.5, 0.6) is 0 Å². The summed E-state index contributed by atoms with van der Waals surface area (Å²) in [6.07, 6.45) is 2.92. The number of amides is 1. The maximum absolute atomic E-state index is 13.1. The summed E-state index contributed by atoms with van der Waals surface area (Å²) in [6.45, 7) is 3.52. The molecule has 170 valence electrons. The predicted molar refractivity (Wildman–Crippen MR) is 125 cm³/mol. The van der Waals surface area contributed by atoms with Gasteiger partial charge in [-0.1, -0.05) is 30.3 Å². The highest BCUT2D eigenvalue weighted by Gasteiger charge is 2.29. The molecule has 1 fully saturated rings. The van der Waals surface area contributed by atoms with Crippen LogP contribution in [0.3, 0.4) is 0 Å². The Hall–Kier alpha value is -2.71. The number of sulfonamides is 1. The van der Waals surface area contributed by atoms with Crippen molar-refractivity contribution < 1.29 is 13.2 Å². The predicted octanol–water partition coefficient (Wildman–Crippen LogP) is 3.60. The zero-order chi connectivity index (χ0) is 22.9. The molecule has 1 saturated heterocycles. The number of likely N-dealkylation sites (tertiary alicyclic amines) is 1.